The number of carbonyl (C=O) groups excluding carboxylic acids is 9. The summed E-state index contributed by atoms with van der Waals surface area (Å²) in [7, 11) is 0. The Morgan fingerprint density at radius 2 is 0.211 bits per heavy atom. The van der Waals surface area contributed by atoms with Crippen molar-refractivity contribution >= 4 is 61.1 Å². The van der Waals surface area contributed by atoms with Crippen LogP contribution in [0.2, 0.25) is 0 Å². The van der Waals surface area contributed by atoms with Gasteiger partial charge in [0.05, 0.1) is 0 Å². The van der Waals surface area contributed by atoms with E-state index in [0.29, 0.717) is 0 Å². The Balaban J connectivity index is -0.00000000596. The maximum absolute atomic E-state index is 8.00. The molecule has 0 aromatic heterocycles. The first kappa shape index (κ1) is 91.8. The van der Waals surface area contributed by atoms with Crippen LogP contribution in [-0.2, 0) is 63.6 Å². The molecule has 0 fully saturated rings. The third-order valence-electron chi connectivity index (χ3n) is 0. The summed E-state index contributed by atoms with van der Waals surface area (Å²) in [6, 6.07) is 0. The summed E-state index contributed by atoms with van der Waals surface area (Å²) in [5, 5.41) is 0. The summed E-state index contributed by atoms with van der Waals surface area (Å²) in [5.74, 6) is 0. The molecule has 0 heterocycles. The summed E-state index contributed by atoms with van der Waals surface area (Å²) < 4.78 is 0. The SMILES string of the molecule is C=O.C=O.C=O.C=O.C=O.C=O.C=O.C=O.C=O.[Re]. The quantitative estimate of drug-likeness (QED) is 0.416. The monoisotopic (exact) mass is 457 g/mol. The molecule has 0 saturated carbocycles. The van der Waals surface area contributed by atoms with Crippen molar-refractivity contribution in [3.05, 3.63) is 0 Å². The van der Waals surface area contributed by atoms with Gasteiger partial charge in [-0.2, -0.15) is 0 Å². The van der Waals surface area contributed by atoms with Crippen LogP contribution in [0.15, 0.2) is 0 Å². The normalized spacial score (nSPS) is 1.89. The van der Waals surface area contributed by atoms with Crippen LogP contribution in [-0.4, -0.2) is 61.1 Å². The second-order valence-corrected chi connectivity index (χ2v) is 0. The Kier molecular flexibility index (Phi) is 3070. The molecule has 0 N–H and O–H groups in total. The van der Waals surface area contributed by atoms with Gasteiger partial charge in [-0.05, 0) is 0 Å². The van der Waals surface area contributed by atoms with Gasteiger partial charge >= 0.3 is 0 Å². The first-order valence-corrected chi connectivity index (χ1v) is 2.60. The molecular weight excluding hydrogens is 438 g/mol. The average Bonchev–Trinajstić information content (AvgIpc) is 2.63. The molecular formula is C9H18O9Re. The minimum Gasteiger partial charge on any atom is -0.307 e. The third-order valence-corrected chi connectivity index (χ3v) is 0. The zero-order chi connectivity index (χ0) is 18.0. The fourth-order valence-electron chi connectivity index (χ4n) is 0. The molecule has 0 aliphatic carbocycles. The minimum atomic E-state index is 0. The summed E-state index contributed by atoms with van der Waals surface area (Å²) >= 11 is 0. The van der Waals surface area contributed by atoms with Crippen LogP contribution in [0.1, 0.15) is 0 Å². The summed E-state index contributed by atoms with van der Waals surface area (Å²) in [6.45, 7) is 18.0. The predicted molar refractivity (Wildman–Crippen MR) is 64.1 cm³/mol. The standard InChI is InChI=1S/9CH2O.Re/c9*1-2;/h9*1H2;. The molecule has 9 nitrogen and oxygen atoms in total. The van der Waals surface area contributed by atoms with E-state index in [0.717, 1.165) is 0 Å². The fraction of sp³-hybridized carbons (Fsp3) is 0. The van der Waals surface area contributed by atoms with Crippen LogP contribution < -0.4 is 0 Å². The molecule has 0 aromatic rings. The number of hydrogen-bond donors (Lipinski definition) is 0. The van der Waals surface area contributed by atoms with Gasteiger partial charge < -0.3 is 43.2 Å². The van der Waals surface area contributed by atoms with E-state index >= 15 is 0 Å². The van der Waals surface area contributed by atoms with Crippen molar-refractivity contribution < 1.29 is 63.6 Å². The molecule has 115 valence electrons. The van der Waals surface area contributed by atoms with Crippen LogP contribution in [0.3, 0.4) is 0 Å². The van der Waals surface area contributed by atoms with Crippen molar-refractivity contribution in [2.75, 3.05) is 0 Å². The third kappa shape index (κ3) is 552. The molecule has 0 aliphatic heterocycles. The Bertz CT molecular complexity index is 52.2. The van der Waals surface area contributed by atoms with Crippen molar-refractivity contribution in [1.82, 2.24) is 0 Å². The predicted octanol–water partition coefficient (Wildman–Crippen LogP) is -1.67. The van der Waals surface area contributed by atoms with E-state index in [9.17, 15) is 0 Å². The molecule has 0 unspecified atom stereocenters. The molecule has 0 bridgehead atoms. The van der Waals surface area contributed by atoms with Crippen molar-refractivity contribution in [1.29, 1.82) is 0 Å². The van der Waals surface area contributed by atoms with Crippen LogP contribution in [0.25, 0.3) is 0 Å². The van der Waals surface area contributed by atoms with Crippen molar-refractivity contribution in [2.24, 2.45) is 0 Å². The van der Waals surface area contributed by atoms with Gasteiger partial charge in [-0.1, -0.05) is 0 Å². The second kappa shape index (κ2) is 636. The van der Waals surface area contributed by atoms with E-state index in [1.54, 1.807) is 0 Å². The van der Waals surface area contributed by atoms with E-state index in [4.69, 9.17) is 43.2 Å². The Labute approximate surface area is 125 Å². The van der Waals surface area contributed by atoms with Crippen LogP contribution in [0.4, 0.5) is 0 Å². The maximum atomic E-state index is 8.00. The van der Waals surface area contributed by atoms with Gasteiger partial charge in [0.15, 0.2) is 0 Å². The van der Waals surface area contributed by atoms with Gasteiger partial charge in [-0.25, -0.2) is 0 Å². The molecule has 0 aliphatic rings. The Morgan fingerprint density at radius 1 is 0.211 bits per heavy atom. The van der Waals surface area contributed by atoms with Gasteiger partial charge in [0, 0.05) is 20.4 Å². The number of hydrogen-bond acceptors (Lipinski definition) is 9. The largest absolute Gasteiger partial charge is 0.307 e. The summed E-state index contributed by atoms with van der Waals surface area (Å²) in [5.41, 5.74) is 0. The van der Waals surface area contributed by atoms with Crippen LogP contribution in [0, 0.1) is 0 Å². The average molecular weight is 456 g/mol. The molecule has 1 radical (unpaired) electrons. The van der Waals surface area contributed by atoms with Gasteiger partial charge in [-0.15, -0.1) is 0 Å². The van der Waals surface area contributed by atoms with E-state index in [-0.39, 0.29) is 20.4 Å². The smallest absolute Gasteiger partial charge is 0.106 e. The number of carbonyl (C=O) groups is 9. The zero-order valence-corrected chi connectivity index (χ0v) is 13.1. The van der Waals surface area contributed by atoms with Crippen molar-refractivity contribution in [3.63, 3.8) is 0 Å². The Morgan fingerprint density at radius 3 is 0.211 bits per heavy atom. The van der Waals surface area contributed by atoms with E-state index in [1.807, 2.05) is 61.1 Å². The van der Waals surface area contributed by atoms with Gasteiger partial charge in [0.2, 0.25) is 0 Å². The molecule has 0 atom stereocenters. The molecule has 0 rings (SSSR count). The number of rotatable bonds is 0. The first-order valence-electron chi connectivity index (χ1n) is 2.60. The second-order valence-electron chi connectivity index (χ2n) is 0. The first-order chi connectivity index (χ1) is 9.00. The van der Waals surface area contributed by atoms with Gasteiger partial charge in [0.25, 0.3) is 0 Å². The van der Waals surface area contributed by atoms with Crippen molar-refractivity contribution in [3.8, 4) is 0 Å². The zero-order valence-electron chi connectivity index (χ0n) is 10.4. The molecule has 19 heavy (non-hydrogen) atoms. The summed E-state index contributed by atoms with van der Waals surface area (Å²) in [4.78, 5) is 72.0. The van der Waals surface area contributed by atoms with Crippen molar-refractivity contribution in [2.45, 2.75) is 0 Å². The molecule has 0 saturated heterocycles. The van der Waals surface area contributed by atoms with Gasteiger partial charge in [-0.3, -0.25) is 0 Å². The Hall–Kier alpha value is -2.31. The van der Waals surface area contributed by atoms with Crippen LogP contribution in [0.5, 0.6) is 0 Å². The van der Waals surface area contributed by atoms with E-state index < -0.39 is 0 Å². The summed E-state index contributed by atoms with van der Waals surface area (Å²) in [6.07, 6.45) is 0. The van der Waals surface area contributed by atoms with E-state index in [2.05, 4.69) is 0 Å². The van der Waals surface area contributed by atoms with Gasteiger partial charge in [0.1, 0.15) is 61.1 Å². The van der Waals surface area contributed by atoms with Crippen LogP contribution >= 0.6 is 0 Å². The topological polar surface area (TPSA) is 154 Å². The maximum Gasteiger partial charge on any atom is 0.106 e. The molecule has 0 aromatic carbocycles. The fourth-order valence-corrected chi connectivity index (χ4v) is 0. The van der Waals surface area contributed by atoms with E-state index in [1.165, 1.54) is 0 Å². The molecule has 10 heteroatoms. The molecule has 0 spiro atoms. The minimum absolute atomic E-state index is 0. The molecule has 0 amide bonds.